The predicted molar refractivity (Wildman–Crippen MR) is 133 cm³/mol. The highest BCUT2D eigenvalue weighted by Crippen LogP contribution is 2.44. The molecule has 2 aliphatic carbocycles. The standard InChI is InChI=1S/C28H37N3O3/c1-18(2)21-8-11-24(12-9-21)31-20(4)27(19(3)30-31)22-7-10-23(15-22)29-25(32)16-28(17-26(33)34)13-5-6-14-28/h7-12,18,22-23H,5-6,13-17H2,1-4H3,(H,29,32)(H,33,34). The molecule has 6 heteroatoms. The Balaban J connectivity index is 1.42. The maximum atomic E-state index is 12.8. The molecule has 2 unspecified atom stereocenters. The summed E-state index contributed by atoms with van der Waals surface area (Å²) in [6.45, 7) is 8.55. The number of carbonyl (C=O) groups is 2. The van der Waals surface area contributed by atoms with Crippen molar-refractivity contribution in [3.05, 3.63) is 58.9 Å². The second kappa shape index (κ2) is 9.77. The Kier molecular flexibility index (Phi) is 6.96. The third kappa shape index (κ3) is 5.11. The number of carbonyl (C=O) groups excluding carboxylic acids is 1. The first-order valence-electron chi connectivity index (χ1n) is 12.5. The fourth-order valence-electron chi connectivity index (χ4n) is 5.92. The molecule has 0 radical (unpaired) electrons. The molecule has 1 saturated carbocycles. The van der Waals surface area contributed by atoms with Crippen LogP contribution in [0.2, 0.25) is 0 Å². The lowest BCUT2D eigenvalue weighted by molar-refractivity contribution is -0.140. The molecule has 0 saturated heterocycles. The van der Waals surface area contributed by atoms with Gasteiger partial charge in [0.2, 0.25) is 5.91 Å². The van der Waals surface area contributed by atoms with E-state index in [9.17, 15) is 14.7 Å². The molecule has 2 aliphatic rings. The van der Waals surface area contributed by atoms with Gasteiger partial charge in [-0.15, -0.1) is 0 Å². The Bertz CT molecular complexity index is 1080. The molecule has 2 atom stereocenters. The fourth-order valence-corrected chi connectivity index (χ4v) is 5.92. The summed E-state index contributed by atoms with van der Waals surface area (Å²) < 4.78 is 2.02. The van der Waals surface area contributed by atoms with Crippen molar-refractivity contribution in [1.82, 2.24) is 15.1 Å². The number of aromatic nitrogens is 2. The van der Waals surface area contributed by atoms with E-state index in [2.05, 4.69) is 69.4 Å². The lowest BCUT2D eigenvalue weighted by Gasteiger charge is -2.27. The number of aryl methyl sites for hydroxylation is 1. The van der Waals surface area contributed by atoms with Crippen molar-refractivity contribution in [2.45, 2.75) is 90.5 Å². The van der Waals surface area contributed by atoms with Crippen molar-refractivity contribution in [3.8, 4) is 5.69 Å². The van der Waals surface area contributed by atoms with Crippen LogP contribution in [0.15, 0.2) is 36.4 Å². The summed E-state index contributed by atoms with van der Waals surface area (Å²) in [6.07, 6.45) is 9.11. The quantitative estimate of drug-likeness (QED) is 0.502. The van der Waals surface area contributed by atoms with Crippen LogP contribution >= 0.6 is 0 Å². The minimum absolute atomic E-state index is 0.0340. The molecule has 1 fully saturated rings. The number of nitrogens with one attached hydrogen (secondary N) is 1. The van der Waals surface area contributed by atoms with Crippen LogP contribution in [0.1, 0.15) is 93.1 Å². The maximum Gasteiger partial charge on any atom is 0.303 e. The highest BCUT2D eigenvalue weighted by atomic mass is 16.4. The lowest BCUT2D eigenvalue weighted by atomic mass is 9.79. The Morgan fingerprint density at radius 1 is 1.12 bits per heavy atom. The number of allylic oxidation sites excluding steroid dienone is 1. The fraction of sp³-hybridized carbons (Fsp3) is 0.536. The molecule has 182 valence electrons. The van der Waals surface area contributed by atoms with Gasteiger partial charge >= 0.3 is 5.97 Å². The van der Waals surface area contributed by atoms with Gasteiger partial charge in [0.25, 0.3) is 0 Å². The maximum absolute atomic E-state index is 12.8. The summed E-state index contributed by atoms with van der Waals surface area (Å²) in [5.41, 5.74) is 5.35. The number of hydrogen-bond donors (Lipinski definition) is 2. The van der Waals surface area contributed by atoms with Gasteiger partial charge in [0.15, 0.2) is 0 Å². The van der Waals surface area contributed by atoms with Crippen LogP contribution in [-0.2, 0) is 9.59 Å². The van der Waals surface area contributed by atoms with E-state index in [-0.39, 0.29) is 29.7 Å². The Morgan fingerprint density at radius 3 is 2.41 bits per heavy atom. The molecule has 1 heterocycles. The largest absolute Gasteiger partial charge is 0.481 e. The number of aliphatic carboxylic acids is 1. The molecular weight excluding hydrogens is 426 g/mol. The van der Waals surface area contributed by atoms with E-state index in [0.29, 0.717) is 12.3 Å². The highest BCUT2D eigenvalue weighted by Gasteiger charge is 2.38. The Labute approximate surface area is 202 Å². The Morgan fingerprint density at radius 2 is 1.79 bits per heavy atom. The van der Waals surface area contributed by atoms with E-state index in [1.807, 2.05) is 4.68 Å². The number of carboxylic acid groups (broad SMARTS) is 1. The van der Waals surface area contributed by atoms with Gasteiger partial charge in [0, 0.05) is 29.6 Å². The number of hydrogen-bond acceptors (Lipinski definition) is 3. The normalized spacial score (nSPS) is 21.3. The molecular formula is C28H37N3O3. The molecule has 6 nitrogen and oxygen atoms in total. The van der Waals surface area contributed by atoms with E-state index in [0.717, 1.165) is 49.2 Å². The molecule has 2 N–H and O–H groups in total. The van der Waals surface area contributed by atoms with Crippen molar-refractivity contribution >= 4 is 11.9 Å². The van der Waals surface area contributed by atoms with E-state index in [1.54, 1.807) is 0 Å². The average Bonchev–Trinajstić information content (AvgIpc) is 3.47. The minimum atomic E-state index is -0.808. The SMILES string of the molecule is Cc1nn(-c2ccc(C(C)C)cc2)c(C)c1C1C=CC(NC(=O)CC2(CC(=O)O)CCCC2)C1. The van der Waals surface area contributed by atoms with Crippen molar-refractivity contribution in [1.29, 1.82) is 0 Å². The summed E-state index contributed by atoms with van der Waals surface area (Å²) in [5, 5.41) is 17.3. The van der Waals surface area contributed by atoms with Crippen molar-refractivity contribution in [3.63, 3.8) is 0 Å². The zero-order valence-electron chi connectivity index (χ0n) is 20.8. The monoisotopic (exact) mass is 463 g/mol. The molecule has 1 aromatic carbocycles. The molecule has 1 aromatic heterocycles. The zero-order chi connectivity index (χ0) is 24.5. The third-order valence-corrected chi connectivity index (χ3v) is 7.68. The van der Waals surface area contributed by atoms with Gasteiger partial charge in [0.1, 0.15) is 0 Å². The second-order valence-corrected chi connectivity index (χ2v) is 10.6. The summed E-state index contributed by atoms with van der Waals surface area (Å²) >= 11 is 0. The Hall–Kier alpha value is -2.89. The first-order valence-corrected chi connectivity index (χ1v) is 12.5. The van der Waals surface area contributed by atoms with Crippen molar-refractivity contribution in [2.24, 2.45) is 5.41 Å². The first-order chi connectivity index (χ1) is 16.2. The second-order valence-electron chi connectivity index (χ2n) is 10.6. The van der Waals surface area contributed by atoms with Crippen LogP contribution in [0.25, 0.3) is 5.69 Å². The number of rotatable bonds is 8. The van der Waals surface area contributed by atoms with E-state index in [1.165, 1.54) is 11.1 Å². The van der Waals surface area contributed by atoms with Crippen LogP contribution < -0.4 is 5.32 Å². The van der Waals surface area contributed by atoms with Gasteiger partial charge in [-0.2, -0.15) is 5.10 Å². The summed E-state index contributed by atoms with van der Waals surface area (Å²) in [7, 11) is 0. The summed E-state index contributed by atoms with van der Waals surface area (Å²) in [4.78, 5) is 24.2. The molecule has 1 amide bonds. The van der Waals surface area contributed by atoms with Crippen LogP contribution in [-0.4, -0.2) is 32.8 Å². The molecule has 4 rings (SSSR count). The number of benzene rings is 1. The van der Waals surface area contributed by atoms with E-state index in [4.69, 9.17) is 5.10 Å². The predicted octanol–water partition coefficient (Wildman–Crippen LogP) is 5.57. The van der Waals surface area contributed by atoms with Gasteiger partial charge in [-0.05, 0) is 62.1 Å². The van der Waals surface area contributed by atoms with Gasteiger partial charge in [-0.3, -0.25) is 9.59 Å². The van der Waals surface area contributed by atoms with Crippen molar-refractivity contribution in [2.75, 3.05) is 0 Å². The van der Waals surface area contributed by atoms with Gasteiger partial charge in [-0.1, -0.05) is 51.0 Å². The molecule has 0 spiro atoms. The summed E-state index contributed by atoms with van der Waals surface area (Å²) in [5.74, 6) is -0.146. The lowest BCUT2D eigenvalue weighted by Crippen LogP contribution is -2.37. The van der Waals surface area contributed by atoms with E-state index >= 15 is 0 Å². The van der Waals surface area contributed by atoms with Gasteiger partial charge in [-0.25, -0.2) is 4.68 Å². The van der Waals surface area contributed by atoms with E-state index < -0.39 is 5.97 Å². The van der Waals surface area contributed by atoms with Crippen LogP contribution in [0, 0.1) is 19.3 Å². The van der Waals surface area contributed by atoms with Gasteiger partial charge in [0.05, 0.1) is 17.8 Å². The van der Waals surface area contributed by atoms with Gasteiger partial charge < -0.3 is 10.4 Å². The van der Waals surface area contributed by atoms with Crippen LogP contribution in [0.3, 0.4) is 0 Å². The van der Waals surface area contributed by atoms with Crippen LogP contribution in [0.4, 0.5) is 0 Å². The number of nitrogens with zero attached hydrogens (tertiary/aromatic N) is 2. The van der Waals surface area contributed by atoms with Crippen LogP contribution in [0.5, 0.6) is 0 Å². The zero-order valence-corrected chi connectivity index (χ0v) is 20.8. The molecule has 0 bridgehead atoms. The molecule has 2 aromatic rings. The topological polar surface area (TPSA) is 84.2 Å². The summed E-state index contributed by atoms with van der Waals surface area (Å²) in [6, 6.07) is 8.55. The first kappa shape index (κ1) is 24.2. The van der Waals surface area contributed by atoms with Crippen molar-refractivity contribution < 1.29 is 14.7 Å². The average molecular weight is 464 g/mol. The minimum Gasteiger partial charge on any atom is -0.481 e. The third-order valence-electron chi connectivity index (χ3n) is 7.68. The highest BCUT2D eigenvalue weighted by molar-refractivity contribution is 5.78. The smallest absolute Gasteiger partial charge is 0.303 e. The molecule has 0 aliphatic heterocycles. The molecule has 34 heavy (non-hydrogen) atoms. The number of amides is 1. The number of carboxylic acids is 1.